The Balaban J connectivity index is 2.04. The van der Waals surface area contributed by atoms with Gasteiger partial charge in [-0.15, -0.1) is 10.2 Å². The second kappa shape index (κ2) is 7.30. The zero-order valence-corrected chi connectivity index (χ0v) is 12.3. The first kappa shape index (κ1) is 15.6. The van der Waals surface area contributed by atoms with E-state index in [1.54, 1.807) is 14.0 Å². The average Bonchev–Trinajstić information content (AvgIpc) is 2.95. The third-order valence-corrected chi connectivity index (χ3v) is 2.76. The van der Waals surface area contributed by atoms with Crippen molar-refractivity contribution < 1.29 is 13.9 Å². The first-order chi connectivity index (χ1) is 10.6. The Bertz CT molecular complexity index is 666. The molecule has 22 heavy (non-hydrogen) atoms. The van der Waals surface area contributed by atoms with Crippen molar-refractivity contribution in [3.8, 4) is 5.75 Å². The molecule has 0 spiro atoms. The number of likely N-dealkylation sites (N-methyl/N-ethyl adjacent to an activating group) is 1. The van der Waals surface area contributed by atoms with Crippen LogP contribution in [0.15, 0.2) is 30.1 Å². The summed E-state index contributed by atoms with van der Waals surface area (Å²) >= 11 is 0. The van der Waals surface area contributed by atoms with Crippen molar-refractivity contribution in [2.45, 2.75) is 13.5 Å². The summed E-state index contributed by atoms with van der Waals surface area (Å²) in [6.45, 7) is 2.43. The molecule has 0 saturated carbocycles. The number of rotatable bonds is 6. The summed E-state index contributed by atoms with van der Waals surface area (Å²) in [6.07, 6.45) is 0.947. The molecule has 0 atom stereocenters. The average molecular weight is 305 g/mol. The molecule has 116 valence electrons. The Hall–Kier alpha value is -2.77. The maximum Gasteiger partial charge on any atom is 0.280 e. The lowest BCUT2D eigenvalue weighted by Gasteiger charge is -2.02. The van der Waals surface area contributed by atoms with Gasteiger partial charge < -0.3 is 10.1 Å². The fourth-order valence-electron chi connectivity index (χ4n) is 1.70. The summed E-state index contributed by atoms with van der Waals surface area (Å²) in [7, 11) is 1.59. The minimum absolute atomic E-state index is 0.0391. The first-order valence-corrected chi connectivity index (χ1v) is 6.68. The summed E-state index contributed by atoms with van der Waals surface area (Å²) in [5.74, 6) is -0.958. The number of benzene rings is 1. The molecule has 0 unspecified atom stereocenters. The van der Waals surface area contributed by atoms with Gasteiger partial charge in [0.05, 0.1) is 13.7 Å². The molecule has 2 rings (SSSR count). The van der Waals surface area contributed by atoms with Gasteiger partial charge in [-0.1, -0.05) is 12.1 Å². The molecule has 0 radical (unpaired) electrons. The molecule has 0 bridgehead atoms. The van der Waals surface area contributed by atoms with E-state index in [9.17, 15) is 9.18 Å². The minimum atomic E-state index is -0.953. The third kappa shape index (κ3) is 4.11. The maximum absolute atomic E-state index is 13.5. The van der Waals surface area contributed by atoms with Crippen LogP contribution in [0.2, 0.25) is 0 Å². The van der Waals surface area contributed by atoms with Crippen molar-refractivity contribution in [1.29, 1.82) is 0 Å². The van der Waals surface area contributed by atoms with Gasteiger partial charge in [-0.3, -0.25) is 4.79 Å². The fourth-order valence-corrected chi connectivity index (χ4v) is 1.70. The van der Waals surface area contributed by atoms with E-state index in [1.165, 1.54) is 4.80 Å². The van der Waals surface area contributed by atoms with Gasteiger partial charge in [-0.2, -0.15) is 4.80 Å². The Morgan fingerprint density at radius 1 is 1.41 bits per heavy atom. The van der Waals surface area contributed by atoms with E-state index in [-0.39, 0.29) is 5.82 Å². The Kier molecular flexibility index (Phi) is 5.18. The predicted molar refractivity (Wildman–Crippen MR) is 77.7 cm³/mol. The summed E-state index contributed by atoms with van der Waals surface area (Å²) < 4.78 is 18.6. The van der Waals surface area contributed by atoms with Gasteiger partial charge in [0, 0.05) is 12.6 Å². The number of hydrogen-bond acceptors (Lipinski definition) is 5. The highest BCUT2D eigenvalue weighted by molar-refractivity contribution is 5.94. The van der Waals surface area contributed by atoms with E-state index in [4.69, 9.17) is 4.74 Å². The zero-order valence-electron chi connectivity index (χ0n) is 12.3. The number of halogens is 1. The van der Waals surface area contributed by atoms with Crippen molar-refractivity contribution in [2.24, 2.45) is 0 Å². The van der Waals surface area contributed by atoms with Gasteiger partial charge in [0.2, 0.25) is 5.82 Å². The van der Waals surface area contributed by atoms with Crippen molar-refractivity contribution in [1.82, 2.24) is 25.5 Å². The van der Waals surface area contributed by atoms with Crippen LogP contribution < -0.4 is 10.1 Å². The molecule has 0 aliphatic rings. The molecule has 2 aromatic rings. The molecule has 0 fully saturated rings. The van der Waals surface area contributed by atoms with Crippen LogP contribution in [-0.2, 0) is 11.3 Å². The van der Waals surface area contributed by atoms with Crippen LogP contribution >= 0.6 is 0 Å². The van der Waals surface area contributed by atoms with Crippen LogP contribution in [0.4, 0.5) is 4.39 Å². The predicted octanol–water partition coefficient (Wildman–Crippen LogP) is 1.18. The van der Waals surface area contributed by atoms with Gasteiger partial charge in [0.15, 0.2) is 5.83 Å². The number of carbonyl (C=O) groups is 1. The molecular formula is C14H16FN5O2. The zero-order chi connectivity index (χ0) is 15.9. The summed E-state index contributed by atoms with van der Waals surface area (Å²) in [6, 6.07) is 7.38. The topological polar surface area (TPSA) is 81.9 Å². The molecule has 1 aromatic carbocycles. The number of nitrogens with zero attached hydrogens (tertiary/aromatic N) is 4. The van der Waals surface area contributed by atoms with Crippen molar-refractivity contribution in [3.05, 3.63) is 41.5 Å². The maximum atomic E-state index is 13.5. The second-order valence-electron chi connectivity index (χ2n) is 4.38. The SMILES string of the molecule is CCNC(=O)/C(F)=C\c1nnn(Cc2ccc(OC)cc2)n1. The molecule has 7 nitrogen and oxygen atoms in total. The minimum Gasteiger partial charge on any atom is -0.497 e. The molecular weight excluding hydrogens is 289 g/mol. The van der Waals surface area contributed by atoms with Crippen LogP contribution in [0, 0.1) is 0 Å². The monoisotopic (exact) mass is 305 g/mol. The summed E-state index contributed by atoms with van der Waals surface area (Å²) in [5, 5.41) is 13.8. The molecule has 1 amide bonds. The van der Waals surface area contributed by atoms with E-state index in [2.05, 4.69) is 20.7 Å². The smallest absolute Gasteiger partial charge is 0.280 e. The lowest BCUT2D eigenvalue weighted by molar-refractivity contribution is -0.118. The molecule has 0 aliphatic heterocycles. The molecule has 1 N–H and O–H groups in total. The van der Waals surface area contributed by atoms with Crippen LogP contribution in [0.1, 0.15) is 18.3 Å². The molecule has 1 aromatic heterocycles. The quantitative estimate of drug-likeness (QED) is 0.810. The van der Waals surface area contributed by atoms with E-state index >= 15 is 0 Å². The largest absolute Gasteiger partial charge is 0.497 e. The Labute approximate surface area is 126 Å². The third-order valence-electron chi connectivity index (χ3n) is 2.76. The second-order valence-corrected chi connectivity index (χ2v) is 4.38. The van der Waals surface area contributed by atoms with Crippen LogP contribution in [0.5, 0.6) is 5.75 Å². The van der Waals surface area contributed by atoms with E-state index < -0.39 is 11.7 Å². The molecule has 8 heteroatoms. The number of hydrogen-bond donors (Lipinski definition) is 1. The highest BCUT2D eigenvalue weighted by Gasteiger charge is 2.09. The normalized spacial score (nSPS) is 11.3. The van der Waals surface area contributed by atoms with Crippen molar-refractivity contribution in [3.63, 3.8) is 0 Å². The lowest BCUT2D eigenvalue weighted by Crippen LogP contribution is -2.22. The highest BCUT2D eigenvalue weighted by Crippen LogP contribution is 2.11. The number of nitrogens with one attached hydrogen (secondary N) is 1. The van der Waals surface area contributed by atoms with Gasteiger partial charge in [-0.05, 0) is 29.8 Å². The first-order valence-electron chi connectivity index (χ1n) is 6.68. The Morgan fingerprint density at radius 3 is 2.77 bits per heavy atom. The fraction of sp³-hybridized carbons (Fsp3) is 0.286. The standard InChI is InChI=1S/C14H16FN5O2/c1-3-16-14(21)12(15)8-13-17-19-20(18-13)9-10-4-6-11(22-2)7-5-10/h4-8H,3,9H2,1-2H3,(H,16,21)/b12-8+. The lowest BCUT2D eigenvalue weighted by atomic mass is 10.2. The van der Waals surface area contributed by atoms with Gasteiger partial charge in [0.1, 0.15) is 5.75 Å². The number of methoxy groups -OCH3 is 1. The number of aromatic nitrogens is 4. The number of tetrazole rings is 1. The van der Waals surface area contributed by atoms with E-state index in [0.717, 1.165) is 17.4 Å². The van der Waals surface area contributed by atoms with Gasteiger partial charge in [-0.25, -0.2) is 4.39 Å². The number of amides is 1. The molecule has 1 heterocycles. The Morgan fingerprint density at radius 2 is 2.14 bits per heavy atom. The summed E-state index contributed by atoms with van der Waals surface area (Å²) in [5.41, 5.74) is 0.943. The number of ether oxygens (including phenoxy) is 1. The van der Waals surface area contributed by atoms with Crippen LogP contribution in [-0.4, -0.2) is 39.8 Å². The highest BCUT2D eigenvalue weighted by atomic mass is 19.1. The van der Waals surface area contributed by atoms with Crippen LogP contribution in [0.25, 0.3) is 6.08 Å². The van der Waals surface area contributed by atoms with Crippen molar-refractivity contribution in [2.75, 3.05) is 13.7 Å². The van der Waals surface area contributed by atoms with Gasteiger partial charge in [0.25, 0.3) is 5.91 Å². The van der Waals surface area contributed by atoms with E-state index in [0.29, 0.717) is 13.1 Å². The number of carbonyl (C=O) groups excluding carboxylic acids is 1. The summed E-state index contributed by atoms with van der Waals surface area (Å²) in [4.78, 5) is 12.6. The molecule has 0 aliphatic carbocycles. The van der Waals surface area contributed by atoms with Crippen LogP contribution in [0.3, 0.4) is 0 Å². The van der Waals surface area contributed by atoms with Gasteiger partial charge >= 0.3 is 0 Å². The molecule has 0 saturated heterocycles. The van der Waals surface area contributed by atoms with Crippen molar-refractivity contribution >= 4 is 12.0 Å². The van der Waals surface area contributed by atoms with E-state index in [1.807, 2.05) is 24.3 Å².